The Morgan fingerprint density at radius 2 is 1.27 bits per heavy atom. The maximum Gasteiger partial charge on any atom is 0.186 e. The minimum atomic E-state index is -1.83. The molecule has 128 valence electrons. The molecule has 0 aliphatic carbocycles. The van der Waals surface area contributed by atoms with Gasteiger partial charge in [-0.2, -0.15) is 0 Å². The third-order valence-corrected chi connectivity index (χ3v) is 4.10. The van der Waals surface area contributed by atoms with Crippen LogP contribution in [0.2, 0.25) is 0 Å². The van der Waals surface area contributed by atoms with Gasteiger partial charge in [-0.3, -0.25) is 0 Å². The van der Waals surface area contributed by atoms with Crippen LogP contribution in [-0.2, 0) is 11.1 Å². The highest BCUT2D eigenvalue weighted by molar-refractivity contribution is 7.79. The van der Waals surface area contributed by atoms with Crippen LogP contribution in [0.25, 0.3) is 0 Å². The van der Waals surface area contributed by atoms with Crippen LogP contribution in [0.4, 0.5) is 0 Å². The quantitative estimate of drug-likeness (QED) is 0.618. The van der Waals surface area contributed by atoms with Gasteiger partial charge in [0.05, 0.1) is 4.90 Å². The second-order valence-electron chi connectivity index (χ2n) is 5.46. The molecule has 0 aliphatic rings. The summed E-state index contributed by atoms with van der Waals surface area (Å²) in [4.78, 5) is 3.08. The van der Waals surface area contributed by atoms with Gasteiger partial charge >= 0.3 is 0 Å². The normalized spacial score (nSPS) is 11.9. The molecule has 0 heterocycles. The van der Waals surface area contributed by atoms with E-state index in [0.717, 1.165) is 0 Å². The van der Waals surface area contributed by atoms with E-state index in [1.54, 1.807) is 30.3 Å². The van der Waals surface area contributed by atoms with E-state index in [9.17, 15) is 4.21 Å². The van der Waals surface area contributed by atoms with Crippen LogP contribution in [0.1, 0.15) is 59.3 Å². The summed E-state index contributed by atoms with van der Waals surface area (Å²) in [5.74, 6) is 0. The first-order valence-electron chi connectivity index (χ1n) is 8.53. The van der Waals surface area contributed by atoms with Gasteiger partial charge < -0.3 is 9.45 Å². The predicted octanol–water partition coefficient (Wildman–Crippen LogP) is 4.96. The van der Waals surface area contributed by atoms with Crippen molar-refractivity contribution in [1.29, 1.82) is 0 Å². The van der Waals surface area contributed by atoms with Crippen LogP contribution in [0, 0.1) is 0 Å². The molecule has 1 unspecified atom stereocenters. The van der Waals surface area contributed by atoms with E-state index in [4.69, 9.17) is 4.55 Å². The standard InChI is InChI=1S/C12H27N.C6H6O2S/c1-4-7-10-13(11-8-5-2)12-9-6-3;7-9(8)6-4-2-1-3-5-6/h4-12H2,1-3H3;1-5H,(H,7,8). The zero-order chi connectivity index (χ0) is 16.6. The molecule has 22 heavy (non-hydrogen) atoms. The van der Waals surface area contributed by atoms with Crippen molar-refractivity contribution in [1.82, 2.24) is 4.90 Å². The van der Waals surface area contributed by atoms with Gasteiger partial charge in [0.25, 0.3) is 0 Å². The van der Waals surface area contributed by atoms with Crippen LogP contribution in [0.15, 0.2) is 35.2 Å². The highest BCUT2D eigenvalue weighted by Crippen LogP contribution is 2.02. The lowest BCUT2D eigenvalue weighted by molar-refractivity contribution is 0.261. The van der Waals surface area contributed by atoms with Crippen LogP contribution in [0.3, 0.4) is 0 Å². The summed E-state index contributed by atoms with van der Waals surface area (Å²) in [5, 5.41) is 0. The first-order chi connectivity index (χ1) is 10.7. The second-order valence-corrected chi connectivity index (χ2v) is 6.43. The molecule has 0 fully saturated rings. The number of hydrogen-bond acceptors (Lipinski definition) is 2. The molecule has 1 rings (SSSR count). The Balaban J connectivity index is 0.000000425. The highest BCUT2D eigenvalue weighted by atomic mass is 32.2. The molecular formula is C18H33NO2S. The highest BCUT2D eigenvalue weighted by Gasteiger charge is 2.01. The summed E-state index contributed by atoms with van der Waals surface area (Å²) in [7, 11) is 0. The molecule has 0 bridgehead atoms. The van der Waals surface area contributed by atoms with Gasteiger partial charge in [0.1, 0.15) is 0 Å². The molecule has 0 saturated carbocycles. The van der Waals surface area contributed by atoms with Crippen molar-refractivity contribution in [3.05, 3.63) is 30.3 Å². The number of benzene rings is 1. The Morgan fingerprint density at radius 3 is 1.55 bits per heavy atom. The third kappa shape index (κ3) is 11.9. The molecule has 1 aromatic carbocycles. The van der Waals surface area contributed by atoms with Crippen molar-refractivity contribution in [2.45, 2.75) is 64.2 Å². The fourth-order valence-corrected chi connectivity index (χ4v) is 2.41. The monoisotopic (exact) mass is 327 g/mol. The lowest BCUT2D eigenvalue weighted by Gasteiger charge is -2.21. The van der Waals surface area contributed by atoms with Gasteiger partial charge in [-0.1, -0.05) is 58.2 Å². The molecular weight excluding hydrogens is 294 g/mol. The van der Waals surface area contributed by atoms with E-state index in [0.29, 0.717) is 4.90 Å². The number of rotatable bonds is 10. The topological polar surface area (TPSA) is 40.5 Å². The van der Waals surface area contributed by atoms with Gasteiger partial charge in [0, 0.05) is 0 Å². The molecule has 0 saturated heterocycles. The summed E-state index contributed by atoms with van der Waals surface area (Å²) >= 11 is -1.83. The Bertz CT molecular complexity index is 352. The van der Waals surface area contributed by atoms with Gasteiger partial charge in [-0.15, -0.1) is 0 Å². The fraction of sp³-hybridized carbons (Fsp3) is 0.667. The van der Waals surface area contributed by atoms with Crippen molar-refractivity contribution >= 4 is 11.1 Å². The first-order valence-corrected chi connectivity index (χ1v) is 9.64. The van der Waals surface area contributed by atoms with Crippen molar-refractivity contribution in [3.63, 3.8) is 0 Å². The van der Waals surface area contributed by atoms with E-state index in [-0.39, 0.29) is 0 Å². The van der Waals surface area contributed by atoms with Gasteiger partial charge in [-0.05, 0) is 51.0 Å². The van der Waals surface area contributed by atoms with E-state index in [1.165, 1.54) is 58.2 Å². The number of hydrogen-bond donors (Lipinski definition) is 1. The number of nitrogens with zero attached hydrogens (tertiary/aromatic N) is 1. The third-order valence-electron chi connectivity index (χ3n) is 3.43. The van der Waals surface area contributed by atoms with Gasteiger partial charge in [0.15, 0.2) is 11.1 Å². The predicted molar refractivity (Wildman–Crippen MR) is 96.6 cm³/mol. The van der Waals surface area contributed by atoms with Gasteiger partial charge in [-0.25, -0.2) is 4.21 Å². The van der Waals surface area contributed by atoms with Gasteiger partial charge in [0.2, 0.25) is 0 Å². The molecule has 1 aromatic rings. The molecule has 1 N–H and O–H groups in total. The Kier molecular flexibility index (Phi) is 14.7. The van der Waals surface area contributed by atoms with Crippen LogP contribution >= 0.6 is 0 Å². The lowest BCUT2D eigenvalue weighted by Crippen LogP contribution is -2.27. The Morgan fingerprint density at radius 1 is 0.864 bits per heavy atom. The summed E-state index contributed by atoms with van der Waals surface area (Å²) in [6.07, 6.45) is 8.09. The minimum absolute atomic E-state index is 0.442. The van der Waals surface area contributed by atoms with Crippen molar-refractivity contribution < 1.29 is 8.76 Å². The summed E-state index contributed by atoms with van der Waals surface area (Å²) < 4.78 is 18.8. The zero-order valence-electron chi connectivity index (χ0n) is 14.5. The van der Waals surface area contributed by atoms with Crippen molar-refractivity contribution in [2.24, 2.45) is 0 Å². The number of unbranched alkanes of at least 4 members (excludes halogenated alkanes) is 3. The van der Waals surface area contributed by atoms with Crippen LogP contribution in [0.5, 0.6) is 0 Å². The SMILES string of the molecule is CCCCN(CCCC)CCCC.O=S(O)c1ccccc1. The van der Waals surface area contributed by atoms with Crippen LogP contribution < -0.4 is 0 Å². The average molecular weight is 328 g/mol. The molecule has 3 nitrogen and oxygen atoms in total. The smallest absolute Gasteiger partial charge is 0.186 e. The van der Waals surface area contributed by atoms with Crippen molar-refractivity contribution in [2.75, 3.05) is 19.6 Å². The average Bonchev–Trinajstić information content (AvgIpc) is 2.55. The van der Waals surface area contributed by atoms with E-state index >= 15 is 0 Å². The fourth-order valence-electron chi connectivity index (χ4n) is 2.02. The van der Waals surface area contributed by atoms with E-state index in [1.807, 2.05) is 0 Å². The summed E-state index contributed by atoms with van der Waals surface area (Å²) in [6.45, 7) is 10.8. The lowest BCUT2D eigenvalue weighted by atomic mass is 10.2. The Labute approximate surface area is 139 Å². The summed E-state index contributed by atoms with van der Waals surface area (Å²) in [6, 6.07) is 8.47. The zero-order valence-corrected chi connectivity index (χ0v) is 15.3. The minimum Gasteiger partial charge on any atom is -0.303 e. The van der Waals surface area contributed by atoms with Crippen molar-refractivity contribution in [3.8, 4) is 0 Å². The van der Waals surface area contributed by atoms with Crippen LogP contribution in [-0.4, -0.2) is 33.3 Å². The Hall–Kier alpha value is -0.710. The van der Waals surface area contributed by atoms with E-state index in [2.05, 4.69) is 25.7 Å². The van der Waals surface area contributed by atoms with E-state index < -0.39 is 11.1 Å². The molecule has 0 aliphatic heterocycles. The summed E-state index contributed by atoms with van der Waals surface area (Å²) in [5.41, 5.74) is 0. The maximum atomic E-state index is 10.3. The second kappa shape index (κ2) is 15.2. The first kappa shape index (κ1) is 21.3. The molecule has 0 spiro atoms. The maximum absolute atomic E-state index is 10.3. The molecule has 4 heteroatoms. The largest absolute Gasteiger partial charge is 0.303 e. The molecule has 0 radical (unpaired) electrons. The molecule has 1 atom stereocenters. The molecule has 0 amide bonds. The molecule has 0 aromatic heterocycles.